The Balaban J connectivity index is 2.01. The molecule has 104 valence electrons. The van der Waals surface area contributed by atoms with Gasteiger partial charge in [-0.05, 0) is 18.2 Å². The van der Waals surface area contributed by atoms with Crippen LogP contribution >= 0.6 is 15.9 Å². The van der Waals surface area contributed by atoms with Gasteiger partial charge in [0.1, 0.15) is 0 Å². The Bertz CT molecular complexity index is 887. The van der Waals surface area contributed by atoms with Crippen LogP contribution in [0.1, 0.15) is 11.1 Å². The molecule has 0 radical (unpaired) electrons. The maximum Gasteiger partial charge on any atom is 0.265 e. The minimum atomic E-state index is -1.66. The average Bonchev–Trinajstić information content (AvgIpc) is 3.00. The van der Waals surface area contributed by atoms with Gasteiger partial charge in [-0.3, -0.25) is 4.79 Å². The van der Waals surface area contributed by atoms with Crippen LogP contribution < -0.4 is 5.32 Å². The van der Waals surface area contributed by atoms with Crippen LogP contribution in [0.15, 0.2) is 53.1 Å². The largest absolute Gasteiger partial charge is 0.372 e. The number of nitrogens with one attached hydrogen (secondary N) is 2. The molecule has 0 spiro atoms. The first-order valence-corrected chi connectivity index (χ1v) is 7.30. The summed E-state index contributed by atoms with van der Waals surface area (Å²) in [5.41, 5.74) is 0.996. The van der Waals surface area contributed by atoms with Crippen LogP contribution in [0.2, 0.25) is 0 Å². The van der Waals surface area contributed by atoms with E-state index in [1.165, 1.54) is 0 Å². The number of aromatic amines is 1. The van der Waals surface area contributed by atoms with Crippen molar-refractivity contribution in [2.24, 2.45) is 0 Å². The van der Waals surface area contributed by atoms with Crippen LogP contribution in [0.3, 0.4) is 0 Å². The van der Waals surface area contributed by atoms with Crippen molar-refractivity contribution in [2.45, 2.75) is 5.60 Å². The Kier molecular flexibility index (Phi) is 2.52. The molecule has 3 N–H and O–H groups in total. The average molecular weight is 343 g/mol. The molecule has 2 heterocycles. The van der Waals surface area contributed by atoms with E-state index in [1.54, 1.807) is 18.3 Å². The van der Waals surface area contributed by atoms with Gasteiger partial charge in [-0.1, -0.05) is 40.2 Å². The van der Waals surface area contributed by atoms with Gasteiger partial charge in [-0.15, -0.1) is 0 Å². The second-order valence-electron chi connectivity index (χ2n) is 5.10. The molecule has 1 unspecified atom stereocenters. The second-order valence-corrected chi connectivity index (χ2v) is 6.02. The summed E-state index contributed by atoms with van der Waals surface area (Å²) in [4.78, 5) is 15.5. The van der Waals surface area contributed by atoms with Crippen molar-refractivity contribution in [2.75, 3.05) is 5.32 Å². The standard InChI is InChI=1S/C16H11BrN2O2/c17-9-5-6-10-12(8-18-14(10)7-9)16(21)11-3-1-2-4-13(11)19-15(16)20/h1-8,18,21H,(H,19,20). The number of aliphatic hydroxyl groups is 1. The van der Waals surface area contributed by atoms with E-state index in [9.17, 15) is 9.90 Å². The van der Waals surface area contributed by atoms with E-state index in [0.717, 1.165) is 15.4 Å². The van der Waals surface area contributed by atoms with Gasteiger partial charge in [0.15, 0.2) is 5.60 Å². The molecule has 1 aliphatic rings. The maximum absolute atomic E-state index is 12.4. The lowest BCUT2D eigenvalue weighted by Gasteiger charge is -2.20. The predicted molar refractivity (Wildman–Crippen MR) is 84.1 cm³/mol. The number of anilines is 1. The topological polar surface area (TPSA) is 65.1 Å². The first-order chi connectivity index (χ1) is 10.1. The Labute approximate surface area is 128 Å². The SMILES string of the molecule is O=C1Nc2ccccc2C1(O)c1c[nH]c2cc(Br)ccc12. The highest BCUT2D eigenvalue weighted by molar-refractivity contribution is 9.10. The number of benzene rings is 2. The fourth-order valence-electron chi connectivity index (χ4n) is 2.91. The molecule has 1 atom stereocenters. The summed E-state index contributed by atoms with van der Waals surface area (Å²) in [5, 5.41) is 14.7. The maximum atomic E-state index is 12.4. The third kappa shape index (κ3) is 1.61. The van der Waals surface area contributed by atoms with E-state index < -0.39 is 11.5 Å². The van der Waals surface area contributed by atoms with Crippen molar-refractivity contribution in [3.8, 4) is 0 Å². The monoisotopic (exact) mass is 342 g/mol. The van der Waals surface area contributed by atoms with Gasteiger partial charge in [-0.2, -0.15) is 0 Å². The molecular weight excluding hydrogens is 332 g/mol. The normalized spacial score (nSPS) is 20.6. The molecule has 1 aliphatic heterocycles. The number of hydrogen-bond donors (Lipinski definition) is 3. The van der Waals surface area contributed by atoms with E-state index in [1.807, 2.05) is 30.3 Å². The first kappa shape index (κ1) is 12.6. The van der Waals surface area contributed by atoms with E-state index in [-0.39, 0.29) is 0 Å². The lowest BCUT2D eigenvalue weighted by atomic mass is 9.87. The van der Waals surface area contributed by atoms with E-state index in [0.29, 0.717) is 16.8 Å². The summed E-state index contributed by atoms with van der Waals surface area (Å²) < 4.78 is 0.937. The Hall–Kier alpha value is -2.11. The molecule has 2 aromatic carbocycles. The molecule has 21 heavy (non-hydrogen) atoms. The third-order valence-electron chi connectivity index (χ3n) is 3.93. The molecule has 4 rings (SSSR count). The van der Waals surface area contributed by atoms with Crippen LogP contribution in [-0.4, -0.2) is 16.0 Å². The number of hydrogen-bond acceptors (Lipinski definition) is 2. The number of H-pyrrole nitrogens is 1. The predicted octanol–water partition coefficient (Wildman–Crippen LogP) is 3.12. The first-order valence-electron chi connectivity index (χ1n) is 6.51. The van der Waals surface area contributed by atoms with Crippen molar-refractivity contribution in [1.82, 2.24) is 4.98 Å². The van der Waals surface area contributed by atoms with E-state index >= 15 is 0 Å². The van der Waals surface area contributed by atoms with Gasteiger partial charge in [0, 0.05) is 38.4 Å². The fourth-order valence-corrected chi connectivity index (χ4v) is 3.27. The van der Waals surface area contributed by atoms with Gasteiger partial charge in [0.25, 0.3) is 5.91 Å². The molecule has 0 aliphatic carbocycles. The van der Waals surface area contributed by atoms with Crippen LogP contribution in [-0.2, 0) is 10.4 Å². The zero-order valence-corrected chi connectivity index (χ0v) is 12.4. The number of fused-ring (bicyclic) bond motifs is 2. The van der Waals surface area contributed by atoms with Crippen molar-refractivity contribution in [3.05, 3.63) is 64.3 Å². The highest BCUT2D eigenvalue weighted by Gasteiger charge is 2.47. The summed E-state index contributed by atoms with van der Waals surface area (Å²) in [6.07, 6.45) is 1.69. The zero-order chi connectivity index (χ0) is 14.6. The summed E-state index contributed by atoms with van der Waals surface area (Å²) in [6.45, 7) is 0. The molecule has 4 nitrogen and oxygen atoms in total. The van der Waals surface area contributed by atoms with Gasteiger partial charge >= 0.3 is 0 Å². The highest BCUT2D eigenvalue weighted by Crippen LogP contribution is 2.43. The number of rotatable bonds is 1. The molecule has 3 aromatic rings. The molecule has 0 saturated carbocycles. The fraction of sp³-hybridized carbons (Fsp3) is 0.0625. The molecule has 1 amide bonds. The van der Waals surface area contributed by atoms with Crippen LogP contribution in [0.4, 0.5) is 5.69 Å². The van der Waals surface area contributed by atoms with Crippen molar-refractivity contribution in [3.63, 3.8) is 0 Å². The van der Waals surface area contributed by atoms with E-state index in [2.05, 4.69) is 26.2 Å². The minimum Gasteiger partial charge on any atom is -0.372 e. The molecule has 1 aromatic heterocycles. The third-order valence-corrected chi connectivity index (χ3v) is 4.42. The van der Waals surface area contributed by atoms with Crippen molar-refractivity contribution < 1.29 is 9.90 Å². The van der Waals surface area contributed by atoms with Gasteiger partial charge in [0.2, 0.25) is 0 Å². The molecule has 0 fully saturated rings. The Morgan fingerprint density at radius 2 is 1.90 bits per heavy atom. The number of carbonyl (C=O) groups excluding carboxylic acids is 1. The van der Waals surface area contributed by atoms with Crippen molar-refractivity contribution in [1.29, 1.82) is 0 Å². The van der Waals surface area contributed by atoms with Crippen LogP contribution in [0.5, 0.6) is 0 Å². The lowest BCUT2D eigenvalue weighted by molar-refractivity contribution is -0.129. The number of aromatic nitrogens is 1. The number of halogens is 1. The van der Waals surface area contributed by atoms with Gasteiger partial charge in [0.05, 0.1) is 0 Å². The second kappa shape index (κ2) is 4.19. The quantitative estimate of drug-likeness (QED) is 0.636. The Morgan fingerprint density at radius 3 is 2.76 bits per heavy atom. The summed E-state index contributed by atoms with van der Waals surface area (Å²) in [5.74, 6) is -0.424. The van der Waals surface area contributed by atoms with Crippen LogP contribution in [0, 0.1) is 0 Å². The summed E-state index contributed by atoms with van der Waals surface area (Å²) in [7, 11) is 0. The number of para-hydroxylation sites is 1. The van der Waals surface area contributed by atoms with E-state index in [4.69, 9.17) is 0 Å². The zero-order valence-electron chi connectivity index (χ0n) is 10.9. The highest BCUT2D eigenvalue weighted by atomic mass is 79.9. The molecule has 0 saturated heterocycles. The van der Waals surface area contributed by atoms with Gasteiger partial charge < -0.3 is 15.4 Å². The van der Waals surface area contributed by atoms with Gasteiger partial charge in [-0.25, -0.2) is 0 Å². The molecular formula is C16H11BrN2O2. The minimum absolute atomic E-state index is 0.424. The van der Waals surface area contributed by atoms with Crippen LogP contribution in [0.25, 0.3) is 10.9 Å². The lowest BCUT2D eigenvalue weighted by Crippen LogP contribution is -2.35. The number of carbonyl (C=O) groups is 1. The van der Waals surface area contributed by atoms with Crippen molar-refractivity contribution >= 4 is 38.4 Å². The molecule has 5 heteroatoms. The smallest absolute Gasteiger partial charge is 0.265 e. The Morgan fingerprint density at radius 1 is 1.10 bits per heavy atom. The summed E-state index contributed by atoms with van der Waals surface area (Å²) in [6, 6.07) is 12.9. The summed E-state index contributed by atoms with van der Waals surface area (Å²) >= 11 is 3.41. The number of amides is 1. The molecule has 0 bridgehead atoms.